The lowest BCUT2D eigenvalue weighted by Crippen LogP contribution is -2.30. The monoisotopic (exact) mass is 260 g/mol. The maximum Gasteiger partial charge on any atom is 0.231 e. The highest BCUT2D eigenvalue weighted by Crippen LogP contribution is 2.22. The lowest BCUT2D eigenvalue weighted by molar-refractivity contribution is 0.326. The predicted octanol–water partition coefficient (Wildman–Crippen LogP) is 2.54. The van der Waals surface area contributed by atoms with E-state index >= 15 is 0 Å². The van der Waals surface area contributed by atoms with Crippen LogP contribution in [0.5, 0.6) is 0 Å². The maximum atomic E-state index is 5.36. The fourth-order valence-corrected chi connectivity index (χ4v) is 2.16. The lowest BCUT2D eigenvalue weighted by Gasteiger charge is -2.18. The molecule has 0 fully saturated rings. The first-order chi connectivity index (χ1) is 9.15. The van der Waals surface area contributed by atoms with Gasteiger partial charge in [-0.1, -0.05) is 19.0 Å². The number of aryl methyl sites for hydroxylation is 1. The number of hydrogen-bond acceptors (Lipinski definition) is 5. The van der Waals surface area contributed by atoms with Gasteiger partial charge in [-0.15, -0.1) is 0 Å². The van der Waals surface area contributed by atoms with E-state index in [-0.39, 0.29) is 5.92 Å². The van der Waals surface area contributed by atoms with Crippen molar-refractivity contribution in [2.24, 2.45) is 0 Å². The van der Waals surface area contributed by atoms with E-state index in [1.54, 1.807) is 6.20 Å². The Balaban J connectivity index is 2.24. The predicted molar refractivity (Wildman–Crippen MR) is 73.8 cm³/mol. The third-order valence-electron chi connectivity index (χ3n) is 3.39. The highest BCUT2D eigenvalue weighted by atomic mass is 16.5. The molecule has 0 saturated carbocycles. The number of nitrogens with zero attached hydrogens (tertiary/aromatic N) is 3. The van der Waals surface area contributed by atoms with Gasteiger partial charge in [0.2, 0.25) is 11.7 Å². The molecule has 2 atom stereocenters. The van der Waals surface area contributed by atoms with Crippen LogP contribution < -0.4 is 5.32 Å². The zero-order valence-corrected chi connectivity index (χ0v) is 11.8. The van der Waals surface area contributed by atoms with Gasteiger partial charge in [-0.25, -0.2) is 0 Å². The molecule has 2 unspecified atom stereocenters. The van der Waals surface area contributed by atoms with Crippen molar-refractivity contribution in [3.8, 4) is 11.5 Å². The number of nitrogens with one attached hydrogen (secondary N) is 1. The Hall–Kier alpha value is -1.75. The van der Waals surface area contributed by atoms with Gasteiger partial charge in [-0.3, -0.25) is 4.98 Å². The molecule has 0 bridgehead atoms. The Kier molecular flexibility index (Phi) is 4.27. The van der Waals surface area contributed by atoms with Crippen LogP contribution in [0, 0.1) is 6.92 Å². The molecule has 19 heavy (non-hydrogen) atoms. The van der Waals surface area contributed by atoms with Gasteiger partial charge < -0.3 is 9.84 Å². The van der Waals surface area contributed by atoms with Gasteiger partial charge in [0, 0.05) is 12.2 Å². The molecule has 0 aromatic carbocycles. The number of hydrogen-bond donors (Lipinski definition) is 1. The first kappa shape index (κ1) is 13.7. The van der Waals surface area contributed by atoms with Crippen LogP contribution in [0.4, 0.5) is 0 Å². The molecular weight excluding hydrogens is 240 g/mol. The van der Waals surface area contributed by atoms with Crippen LogP contribution in [-0.2, 0) is 0 Å². The van der Waals surface area contributed by atoms with E-state index in [4.69, 9.17) is 4.52 Å². The standard InChI is InChI=1S/C14H20N4O/c1-5-11(15-4)10(3)14-17-13(18-19-14)12-8-9(2)6-7-16-12/h6-8,10-11,15H,5H2,1-4H3. The van der Waals surface area contributed by atoms with Crippen LogP contribution in [-0.4, -0.2) is 28.2 Å². The van der Waals surface area contributed by atoms with Gasteiger partial charge in [0.25, 0.3) is 0 Å². The molecule has 0 saturated heterocycles. The summed E-state index contributed by atoms with van der Waals surface area (Å²) in [6.45, 7) is 6.24. The van der Waals surface area contributed by atoms with E-state index in [0.29, 0.717) is 17.8 Å². The summed E-state index contributed by atoms with van der Waals surface area (Å²) in [5.74, 6) is 1.39. The van der Waals surface area contributed by atoms with Crippen molar-refractivity contribution in [2.75, 3.05) is 7.05 Å². The number of aromatic nitrogens is 3. The summed E-state index contributed by atoms with van der Waals surface area (Å²) in [5, 5.41) is 7.29. The zero-order valence-electron chi connectivity index (χ0n) is 11.8. The Morgan fingerprint density at radius 1 is 1.42 bits per heavy atom. The second-order valence-corrected chi connectivity index (χ2v) is 4.77. The largest absolute Gasteiger partial charge is 0.339 e. The summed E-state index contributed by atoms with van der Waals surface area (Å²) in [6, 6.07) is 4.23. The molecular formula is C14H20N4O. The first-order valence-electron chi connectivity index (χ1n) is 6.59. The number of pyridine rings is 1. The van der Waals surface area contributed by atoms with E-state index < -0.39 is 0 Å². The van der Waals surface area contributed by atoms with Gasteiger partial charge in [0.05, 0.1) is 5.92 Å². The summed E-state index contributed by atoms with van der Waals surface area (Å²) in [6.07, 6.45) is 2.77. The highest BCUT2D eigenvalue weighted by Gasteiger charge is 2.22. The van der Waals surface area contributed by atoms with Crippen LogP contribution in [0.2, 0.25) is 0 Å². The minimum Gasteiger partial charge on any atom is -0.339 e. The smallest absolute Gasteiger partial charge is 0.231 e. The van der Waals surface area contributed by atoms with E-state index in [1.165, 1.54) is 0 Å². The molecule has 0 aliphatic heterocycles. The summed E-state index contributed by atoms with van der Waals surface area (Å²) >= 11 is 0. The van der Waals surface area contributed by atoms with Gasteiger partial charge in [0.1, 0.15) is 5.69 Å². The third-order valence-corrected chi connectivity index (χ3v) is 3.39. The molecule has 2 rings (SSSR count). The summed E-state index contributed by atoms with van der Waals surface area (Å²) < 4.78 is 5.36. The van der Waals surface area contributed by atoms with Crippen molar-refractivity contribution in [3.63, 3.8) is 0 Å². The van der Waals surface area contributed by atoms with Crippen molar-refractivity contribution in [1.29, 1.82) is 0 Å². The second-order valence-electron chi connectivity index (χ2n) is 4.77. The molecule has 5 heteroatoms. The fourth-order valence-electron chi connectivity index (χ4n) is 2.16. The van der Waals surface area contributed by atoms with Crippen molar-refractivity contribution < 1.29 is 4.52 Å². The van der Waals surface area contributed by atoms with E-state index in [1.807, 2.05) is 26.1 Å². The molecule has 0 spiro atoms. The van der Waals surface area contributed by atoms with Gasteiger partial charge in [-0.2, -0.15) is 4.98 Å². The average Bonchev–Trinajstić information content (AvgIpc) is 2.89. The molecule has 0 amide bonds. The Morgan fingerprint density at radius 2 is 2.21 bits per heavy atom. The van der Waals surface area contributed by atoms with Crippen molar-refractivity contribution in [2.45, 2.75) is 39.2 Å². The van der Waals surface area contributed by atoms with E-state index in [9.17, 15) is 0 Å². The van der Waals surface area contributed by atoms with Crippen molar-refractivity contribution >= 4 is 0 Å². The summed E-state index contributed by atoms with van der Waals surface area (Å²) in [4.78, 5) is 8.73. The quantitative estimate of drug-likeness (QED) is 0.895. The van der Waals surface area contributed by atoms with Crippen LogP contribution >= 0.6 is 0 Å². The van der Waals surface area contributed by atoms with Crippen molar-refractivity contribution in [1.82, 2.24) is 20.4 Å². The summed E-state index contributed by atoms with van der Waals surface area (Å²) in [5.41, 5.74) is 1.88. The molecule has 0 radical (unpaired) electrons. The Bertz CT molecular complexity index is 534. The fraction of sp³-hybridized carbons (Fsp3) is 0.500. The zero-order chi connectivity index (χ0) is 13.8. The molecule has 0 aliphatic carbocycles. The van der Waals surface area contributed by atoms with Crippen LogP contribution in [0.15, 0.2) is 22.9 Å². The molecule has 102 valence electrons. The van der Waals surface area contributed by atoms with Gasteiger partial charge >= 0.3 is 0 Å². The van der Waals surface area contributed by atoms with E-state index in [2.05, 4.69) is 34.3 Å². The van der Waals surface area contributed by atoms with Gasteiger partial charge in [0.15, 0.2) is 0 Å². The average molecular weight is 260 g/mol. The topological polar surface area (TPSA) is 63.8 Å². The Labute approximate surface area is 113 Å². The lowest BCUT2D eigenvalue weighted by atomic mass is 10.00. The second kappa shape index (κ2) is 5.93. The third kappa shape index (κ3) is 2.98. The molecule has 0 aliphatic rings. The minimum absolute atomic E-state index is 0.182. The van der Waals surface area contributed by atoms with Crippen molar-refractivity contribution in [3.05, 3.63) is 29.8 Å². The van der Waals surface area contributed by atoms with Crippen LogP contribution in [0.25, 0.3) is 11.5 Å². The highest BCUT2D eigenvalue weighted by molar-refractivity contribution is 5.49. The first-order valence-corrected chi connectivity index (χ1v) is 6.59. The van der Waals surface area contributed by atoms with Crippen LogP contribution in [0.1, 0.15) is 37.6 Å². The van der Waals surface area contributed by atoms with Crippen LogP contribution in [0.3, 0.4) is 0 Å². The molecule has 2 aromatic heterocycles. The number of rotatable bonds is 5. The number of likely N-dealkylation sites (N-methyl/N-ethyl adjacent to an activating group) is 1. The SMILES string of the molecule is CCC(NC)C(C)c1nc(-c2cc(C)ccn2)no1. The normalized spacial score (nSPS) is 14.3. The molecule has 5 nitrogen and oxygen atoms in total. The van der Waals surface area contributed by atoms with Gasteiger partial charge in [-0.05, 0) is 38.1 Å². The summed E-state index contributed by atoms with van der Waals surface area (Å²) in [7, 11) is 1.95. The molecule has 2 heterocycles. The molecule has 1 N–H and O–H groups in total. The Morgan fingerprint density at radius 3 is 2.84 bits per heavy atom. The minimum atomic E-state index is 0.182. The molecule has 2 aromatic rings. The maximum absolute atomic E-state index is 5.36. The van der Waals surface area contributed by atoms with E-state index in [0.717, 1.165) is 17.7 Å².